The van der Waals surface area contributed by atoms with Crippen molar-refractivity contribution >= 4 is 22.5 Å². The zero-order valence-electron chi connectivity index (χ0n) is 20.1. The van der Waals surface area contributed by atoms with E-state index in [1.165, 1.54) is 16.6 Å². The lowest BCUT2D eigenvalue weighted by Crippen LogP contribution is -2.27. The standard InChI is InChI=1S/C28H32N2O4/c1-27(2,3)25-15-18-14-20(5-6-22(18)30(25)21-8-12-32-13-9-21)29-26(31)28(10-11-28)19-4-7-23-24(16-19)34-17-33-23/h4-7,14-16,21H,8-13,17H2,1-3H3,(H,29,31). The van der Waals surface area contributed by atoms with Gasteiger partial charge in [0.2, 0.25) is 12.7 Å². The molecule has 0 radical (unpaired) electrons. The van der Waals surface area contributed by atoms with Crippen LogP contribution in [0.4, 0.5) is 5.69 Å². The van der Waals surface area contributed by atoms with E-state index in [0.29, 0.717) is 6.04 Å². The molecule has 2 fully saturated rings. The maximum Gasteiger partial charge on any atom is 0.235 e. The molecule has 1 amide bonds. The maximum atomic E-state index is 13.4. The largest absolute Gasteiger partial charge is 0.454 e. The average Bonchev–Trinajstić information content (AvgIpc) is 3.34. The Morgan fingerprint density at radius 1 is 1.00 bits per heavy atom. The fraction of sp³-hybridized carbons (Fsp3) is 0.464. The molecular formula is C28H32N2O4. The lowest BCUT2D eigenvalue weighted by atomic mass is 9.91. The van der Waals surface area contributed by atoms with Crippen molar-refractivity contribution in [1.82, 2.24) is 4.57 Å². The van der Waals surface area contributed by atoms with Gasteiger partial charge in [-0.25, -0.2) is 0 Å². The van der Waals surface area contributed by atoms with Gasteiger partial charge in [-0.2, -0.15) is 0 Å². The molecule has 6 heteroatoms. The first-order chi connectivity index (χ1) is 16.3. The quantitative estimate of drug-likeness (QED) is 0.543. The molecule has 0 atom stereocenters. The van der Waals surface area contributed by atoms with Crippen LogP contribution >= 0.6 is 0 Å². The summed E-state index contributed by atoms with van der Waals surface area (Å²) < 4.78 is 19.1. The van der Waals surface area contributed by atoms with Crippen molar-refractivity contribution < 1.29 is 19.0 Å². The van der Waals surface area contributed by atoms with E-state index in [2.05, 4.69) is 48.9 Å². The van der Waals surface area contributed by atoms with Gasteiger partial charge in [0, 0.05) is 47.0 Å². The molecule has 178 valence electrons. The minimum atomic E-state index is -0.486. The normalized spacial score (nSPS) is 19.4. The van der Waals surface area contributed by atoms with Gasteiger partial charge in [-0.15, -0.1) is 0 Å². The van der Waals surface area contributed by atoms with E-state index in [9.17, 15) is 4.79 Å². The summed E-state index contributed by atoms with van der Waals surface area (Å²) in [6, 6.07) is 14.9. The number of carbonyl (C=O) groups is 1. The molecule has 3 aliphatic rings. The molecule has 3 heterocycles. The Hall–Kier alpha value is -2.99. The predicted octanol–water partition coefficient (Wildman–Crippen LogP) is 5.69. The molecule has 0 spiro atoms. The van der Waals surface area contributed by atoms with Crippen molar-refractivity contribution in [2.45, 2.75) is 63.3 Å². The Kier molecular flexibility index (Phi) is 4.92. The number of benzene rings is 2. The summed E-state index contributed by atoms with van der Waals surface area (Å²) in [7, 11) is 0. The van der Waals surface area contributed by atoms with E-state index >= 15 is 0 Å². The summed E-state index contributed by atoms with van der Waals surface area (Å²) in [6.07, 6.45) is 3.75. The number of aromatic nitrogens is 1. The van der Waals surface area contributed by atoms with Crippen LogP contribution < -0.4 is 14.8 Å². The molecular weight excluding hydrogens is 428 g/mol. The lowest BCUT2D eigenvalue weighted by molar-refractivity contribution is -0.118. The zero-order chi connectivity index (χ0) is 23.5. The van der Waals surface area contributed by atoms with Crippen molar-refractivity contribution in [2.75, 3.05) is 25.3 Å². The van der Waals surface area contributed by atoms with Crippen LogP contribution in [0.3, 0.4) is 0 Å². The SMILES string of the molecule is CC(C)(C)c1cc2cc(NC(=O)C3(c4ccc5c(c4)OCO5)CC3)ccc2n1C1CCOCC1. The highest BCUT2D eigenvalue weighted by molar-refractivity contribution is 6.02. The first kappa shape index (κ1) is 21.5. The first-order valence-corrected chi connectivity index (χ1v) is 12.3. The van der Waals surface area contributed by atoms with Gasteiger partial charge < -0.3 is 24.1 Å². The number of ether oxygens (including phenoxy) is 3. The summed E-state index contributed by atoms with van der Waals surface area (Å²) in [6.45, 7) is 8.65. The second-order valence-electron chi connectivity index (χ2n) is 10.9. The summed E-state index contributed by atoms with van der Waals surface area (Å²) in [5.74, 6) is 1.52. The molecule has 34 heavy (non-hydrogen) atoms. The van der Waals surface area contributed by atoms with Crippen LogP contribution in [0.25, 0.3) is 10.9 Å². The highest BCUT2D eigenvalue weighted by Gasteiger charge is 2.51. The van der Waals surface area contributed by atoms with Crippen molar-refractivity contribution in [1.29, 1.82) is 0 Å². The minimum absolute atomic E-state index is 0.0260. The maximum absolute atomic E-state index is 13.4. The molecule has 1 saturated heterocycles. The van der Waals surface area contributed by atoms with E-state index < -0.39 is 5.41 Å². The first-order valence-electron chi connectivity index (χ1n) is 12.3. The lowest BCUT2D eigenvalue weighted by Gasteiger charge is -2.30. The third-order valence-electron chi connectivity index (χ3n) is 7.53. The molecule has 6 nitrogen and oxygen atoms in total. The van der Waals surface area contributed by atoms with Crippen molar-refractivity contribution in [3.05, 3.63) is 53.7 Å². The van der Waals surface area contributed by atoms with Crippen molar-refractivity contribution in [3.8, 4) is 11.5 Å². The van der Waals surface area contributed by atoms with Crippen LogP contribution in [0, 0.1) is 0 Å². The highest BCUT2D eigenvalue weighted by Crippen LogP contribution is 2.51. The summed E-state index contributed by atoms with van der Waals surface area (Å²) in [5, 5.41) is 4.38. The summed E-state index contributed by atoms with van der Waals surface area (Å²) >= 11 is 0. The fourth-order valence-electron chi connectivity index (χ4n) is 5.45. The topological polar surface area (TPSA) is 61.7 Å². The number of hydrogen-bond acceptors (Lipinski definition) is 4. The summed E-state index contributed by atoms with van der Waals surface area (Å²) in [5.41, 5.74) is 3.94. The number of nitrogens with zero attached hydrogens (tertiary/aromatic N) is 1. The molecule has 3 aromatic rings. The van der Waals surface area contributed by atoms with Gasteiger partial charge in [0.05, 0.1) is 5.41 Å². The van der Waals surface area contributed by atoms with Gasteiger partial charge in [-0.1, -0.05) is 26.8 Å². The zero-order valence-corrected chi connectivity index (χ0v) is 20.1. The second kappa shape index (κ2) is 7.77. The minimum Gasteiger partial charge on any atom is -0.454 e. The number of anilines is 1. The summed E-state index contributed by atoms with van der Waals surface area (Å²) in [4.78, 5) is 13.4. The third-order valence-corrected chi connectivity index (χ3v) is 7.53. The molecule has 1 saturated carbocycles. The van der Waals surface area contributed by atoms with Crippen LogP contribution in [-0.2, 0) is 20.4 Å². The highest BCUT2D eigenvalue weighted by atomic mass is 16.7. The van der Waals surface area contributed by atoms with Crippen LogP contribution in [-0.4, -0.2) is 30.5 Å². The number of nitrogens with one attached hydrogen (secondary N) is 1. The smallest absolute Gasteiger partial charge is 0.235 e. The molecule has 2 aliphatic heterocycles. The molecule has 1 aliphatic carbocycles. The molecule has 0 bridgehead atoms. The van der Waals surface area contributed by atoms with Gasteiger partial charge in [0.1, 0.15) is 0 Å². The van der Waals surface area contributed by atoms with E-state index in [0.717, 1.165) is 61.6 Å². The molecule has 6 rings (SSSR count). The Morgan fingerprint density at radius 3 is 2.50 bits per heavy atom. The van der Waals surface area contributed by atoms with E-state index in [1.807, 2.05) is 24.3 Å². The van der Waals surface area contributed by atoms with Gasteiger partial charge in [-0.05, 0) is 67.6 Å². The Bertz CT molecular complexity index is 1260. The van der Waals surface area contributed by atoms with E-state index in [1.54, 1.807) is 0 Å². The Balaban J connectivity index is 1.30. The van der Waals surface area contributed by atoms with Crippen molar-refractivity contribution in [2.24, 2.45) is 0 Å². The fourth-order valence-corrected chi connectivity index (χ4v) is 5.45. The van der Waals surface area contributed by atoms with Gasteiger partial charge in [-0.3, -0.25) is 4.79 Å². The van der Waals surface area contributed by atoms with Crippen LogP contribution in [0.1, 0.15) is 63.8 Å². The Labute approximate surface area is 200 Å². The second-order valence-corrected chi connectivity index (χ2v) is 10.9. The number of carbonyl (C=O) groups excluding carboxylic acids is 1. The molecule has 2 aromatic carbocycles. The van der Waals surface area contributed by atoms with Gasteiger partial charge in [0.25, 0.3) is 0 Å². The van der Waals surface area contributed by atoms with Crippen molar-refractivity contribution in [3.63, 3.8) is 0 Å². The monoisotopic (exact) mass is 460 g/mol. The number of fused-ring (bicyclic) bond motifs is 2. The number of hydrogen-bond donors (Lipinski definition) is 1. The molecule has 1 N–H and O–H groups in total. The molecule has 0 unspecified atom stereocenters. The van der Waals surface area contributed by atoms with Crippen LogP contribution in [0.15, 0.2) is 42.5 Å². The average molecular weight is 461 g/mol. The van der Waals surface area contributed by atoms with E-state index in [-0.39, 0.29) is 18.1 Å². The third kappa shape index (κ3) is 3.56. The number of rotatable bonds is 4. The van der Waals surface area contributed by atoms with Gasteiger partial charge in [0.15, 0.2) is 11.5 Å². The van der Waals surface area contributed by atoms with Crippen LogP contribution in [0.2, 0.25) is 0 Å². The van der Waals surface area contributed by atoms with Crippen LogP contribution in [0.5, 0.6) is 11.5 Å². The predicted molar refractivity (Wildman–Crippen MR) is 132 cm³/mol. The number of amides is 1. The van der Waals surface area contributed by atoms with E-state index in [4.69, 9.17) is 14.2 Å². The Morgan fingerprint density at radius 2 is 1.76 bits per heavy atom. The van der Waals surface area contributed by atoms with Gasteiger partial charge >= 0.3 is 0 Å². The molecule has 1 aromatic heterocycles.